The van der Waals surface area contributed by atoms with Crippen molar-refractivity contribution < 1.29 is 14.6 Å². The van der Waals surface area contributed by atoms with Crippen molar-refractivity contribution in [3.8, 4) is 0 Å². The zero-order valence-electron chi connectivity index (χ0n) is 15.9. The molecule has 0 aromatic rings. The van der Waals surface area contributed by atoms with Crippen LogP contribution < -0.4 is 0 Å². The lowest BCUT2D eigenvalue weighted by molar-refractivity contribution is -0.136. The van der Waals surface area contributed by atoms with Gasteiger partial charge >= 0.3 is 0 Å². The molecule has 0 aliphatic carbocycles. The van der Waals surface area contributed by atoms with Gasteiger partial charge in [0.1, 0.15) is 0 Å². The van der Waals surface area contributed by atoms with Crippen molar-refractivity contribution in [1.82, 2.24) is 14.7 Å². The highest BCUT2D eigenvalue weighted by molar-refractivity contribution is 5.82. The summed E-state index contributed by atoms with van der Waals surface area (Å²) < 4.78 is 5.48. The lowest BCUT2D eigenvalue weighted by Crippen LogP contribution is -2.53. The number of piperidine rings is 1. The third-order valence-electron chi connectivity index (χ3n) is 6.35. The number of likely N-dealkylation sites (tertiary alicyclic amines) is 2. The van der Waals surface area contributed by atoms with Crippen LogP contribution in [0.2, 0.25) is 0 Å². The molecular formula is C19H35N3O3. The molecule has 0 aromatic carbocycles. The van der Waals surface area contributed by atoms with Crippen LogP contribution in [0.15, 0.2) is 0 Å². The fourth-order valence-corrected chi connectivity index (χ4v) is 4.86. The molecule has 3 aliphatic rings. The monoisotopic (exact) mass is 353 g/mol. The molecule has 3 saturated heterocycles. The van der Waals surface area contributed by atoms with Crippen LogP contribution in [-0.2, 0) is 9.53 Å². The number of carbonyl (C=O) groups excluding carboxylic acids is 1. The van der Waals surface area contributed by atoms with Crippen LogP contribution in [0, 0.1) is 0 Å². The van der Waals surface area contributed by atoms with Crippen molar-refractivity contribution >= 4 is 5.91 Å². The van der Waals surface area contributed by atoms with Crippen molar-refractivity contribution in [2.24, 2.45) is 0 Å². The van der Waals surface area contributed by atoms with Gasteiger partial charge in [0.05, 0.1) is 12.1 Å². The van der Waals surface area contributed by atoms with Crippen molar-refractivity contribution in [1.29, 1.82) is 0 Å². The Morgan fingerprint density at radius 3 is 2.32 bits per heavy atom. The molecule has 1 amide bonds. The predicted molar refractivity (Wildman–Crippen MR) is 97.5 cm³/mol. The number of ether oxygens (including phenoxy) is 1. The minimum absolute atomic E-state index is 0.130. The maximum Gasteiger partial charge on any atom is 0.240 e. The van der Waals surface area contributed by atoms with Crippen LogP contribution in [-0.4, -0.2) is 95.9 Å². The number of aliphatic hydroxyl groups is 1. The van der Waals surface area contributed by atoms with E-state index in [9.17, 15) is 9.90 Å². The van der Waals surface area contributed by atoms with E-state index in [0.717, 1.165) is 65.1 Å². The average Bonchev–Trinajstić information content (AvgIpc) is 3.05. The molecule has 0 bridgehead atoms. The molecule has 3 rings (SSSR count). The Kier molecular flexibility index (Phi) is 6.72. The number of hydrogen-bond acceptors (Lipinski definition) is 5. The number of β-amino-alcohol motifs (C(OH)–C–C–N with tert-alkyl or cyclic N) is 1. The van der Waals surface area contributed by atoms with E-state index >= 15 is 0 Å². The first-order valence-electron chi connectivity index (χ1n) is 10.2. The second-order valence-corrected chi connectivity index (χ2v) is 7.72. The lowest BCUT2D eigenvalue weighted by atomic mass is 9.98. The number of hydrogen-bond donors (Lipinski definition) is 1. The van der Waals surface area contributed by atoms with Gasteiger partial charge in [-0.3, -0.25) is 9.69 Å². The van der Waals surface area contributed by atoms with Crippen LogP contribution >= 0.6 is 0 Å². The van der Waals surface area contributed by atoms with Crippen LogP contribution in [0.1, 0.15) is 46.0 Å². The Labute approximate surface area is 152 Å². The average molecular weight is 354 g/mol. The lowest BCUT2D eigenvalue weighted by Gasteiger charge is -2.43. The fourth-order valence-electron chi connectivity index (χ4n) is 4.86. The normalized spacial score (nSPS) is 30.7. The van der Waals surface area contributed by atoms with E-state index in [0.29, 0.717) is 25.0 Å². The summed E-state index contributed by atoms with van der Waals surface area (Å²) in [6, 6.07) is 0.972. The van der Waals surface area contributed by atoms with E-state index < -0.39 is 0 Å². The van der Waals surface area contributed by atoms with Gasteiger partial charge in [-0.05, 0) is 59.0 Å². The number of aliphatic hydroxyl groups excluding tert-OH is 1. The van der Waals surface area contributed by atoms with E-state index in [-0.39, 0.29) is 18.1 Å². The van der Waals surface area contributed by atoms with Gasteiger partial charge in [-0.15, -0.1) is 0 Å². The summed E-state index contributed by atoms with van der Waals surface area (Å²) in [6.07, 6.45) is 4.73. The second kappa shape index (κ2) is 8.80. The highest BCUT2D eigenvalue weighted by Gasteiger charge is 2.42. The van der Waals surface area contributed by atoms with Crippen molar-refractivity contribution in [3.05, 3.63) is 0 Å². The quantitative estimate of drug-likeness (QED) is 0.797. The number of amides is 1. The molecule has 3 heterocycles. The molecule has 1 N–H and O–H groups in total. The summed E-state index contributed by atoms with van der Waals surface area (Å²) in [7, 11) is 0. The smallest absolute Gasteiger partial charge is 0.240 e. The minimum Gasteiger partial charge on any atom is -0.392 e. The first-order chi connectivity index (χ1) is 12.1. The number of carbonyl (C=O) groups is 1. The molecule has 0 aromatic heterocycles. The van der Waals surface area contributed by atoms with Crippen LogP contribution in [0.25, 0.3) is 0 Å². The van der Waals surface area contributed by atoms with E-state index in [2.05, 4.69) is 9.80 Å². The summed E-state index contributed by atoms with van der Waals surface area (Å²) >= 11 is 0. The molecule has 0 spiro atoms. The zero-order valence-corrected chi connectivity index (χ0v) is 15.9. The zero-order chi connectivity index (χ0) is 17.8. The van der Waals surface area contributed by atoms with Gasteiger partial charge in [0.2, 0.25) is 5.91 Å². The summed E-state index contributed by atoms with van der Waals surface area (Å²) in [4.78, 5) is 19.7. The summed E-state index contributed by atoms with van der Waals surface area (Å²) in [5.41, 5.74) is 0. The predicted octanol–water partition coefficient (Wildman–Crippen LogP) is 0.933. The molecule has 0 radical (unpaired) electrons. The Morgan fingerprint density at radius 1 is 1.08 bits per heavy atom. The first kappa shape index (κ1) is 19.1. The Hall–Kier alpha value is -0.690. The number of likely N-dealkylation sites (N-methyl/N-ethyl adjacent to an activating group) is 1. The van der Waals surface area contributed by atoms with Gasteiger partial charge in [-0.1, -0.05) is 0 Å². The van der Waals surface area contributed by atoms with Gasteiger partial charge in [0, 0.05) is 44.9 Å². The molecule has 3 aliphatic heterocycles. The van der Waals surface area contributed by atoms with Crippen molar-refractivity contribution in [2.45, 2.75) is 70.2 Å². The SMILES string of the molecule is CCN(CC)C(=O)[C@@H]1C[C@@H](O)CN1C1CCN(C2CCOCC2)CC1. The molecular weight excluding hydrogens is 318 g/mol. The Balaban J connectivity index is 1.57. The second-order valence-electron chi connectivity index (χ2n) is 7.72. The van der Waals surface area contributed by atoms with Crippen molar-refractivity contribution in [3.63, 3.8) is 0 Å². The van der Waals surface area contributed by atoms with Gasteiger partial charge in [-0.25, -0.2) is 0 Å². The van der Waals surface area contributed by atoms with Crippen LogP contribution in [0.4, 0.5) is 0 Å². The van der Waals surface area contributed by atoms with Gasteiger partial charge in [0.25, 0.3) is 0 Å². The molecule has 0 saturated carbocycles. The maximum absolute atomic E-state index is 12.9. The topological polar surface area (TPSA) is 56.3 Å². The van der Waals surface area contributed by atoms with Gasteiger partial charge in [-0.2, -0.15) is 0 Å². The summed E-state index contributed by atoms with van der Waals surface area (Å²) in [5, 5.41) is 10.2. The van der Waals surface area contributed by atoms with E-state index in [1.807, 2.05) is 18.7 Å². The van der Waals surface area contributed by atoms with Crippen LogP contribution in [0.5, 0.6) is 0 Å². The highest BCUT2D eigenvalue weighted by atomic mass is 16.5. The summed E-state index contributed by atoms with van der Waals surface area (Å²) in [6.45, 7) is 10.2. The third-order valence-corrected chi connectivity index (χ3v) is 6.35. The molecule has 6 nitrogen and oxygen atoms in total. The Bertz CT molecular complexity index is 430. The van der Waals surface area contributed by atoms with Gasteiger partial charge in [0.15, 0.2) is 0 Å². The van der Waals surface area contributed by atoms with Crippen LogP contribution in [0.3, 0.4) is 0 Å². The first-order valence-corrected chi connectivity index (χ1v) is 10.2. The third kappa shape index (κ3) is 4.35. The van der Waals surface area contributed by atoms with E-state index in [1.54, 1.807) is 0 Å². The maximum atomic E-state index is 12.9. The molecule has 25 heavy (non-hydrogen) atoms. The molecule has 2 atom stereocenters. The minimum atomic E-state index is -0.363. The van der Waals surface area contributed by atoms with Gasteiger partial charge < -0.3 is 19.6 Å². The van der Waals surface area contributed by atoms with E-state index in [1.165, 1.54) is 0 Å². The number of nitrogens with zero attached hydrogens (tertiary/aromatic N) is 3. The van der Waals surface area contributed by atoms with E-state index in [4.69, 9.17) is 4.74 Å². The highest BCUT2D eigenvalue weighted by Crippen LogP contribution is 2.29. The molecule has 6 heteroatoms. The largest absolute Gasteiger partial charge is 0.392 e. The fraction of sp³-hybridized carbons (Fsp3) is 0.947. The van der Waals surface area contributed by atoms with Crippen molar-refractivity contribution in [2.75, 3.05) is 45.9 Å². The summed E-state index contributed by atoms with van der Waals surface area (Å²) in [5.74, 6) is 0.202. The molecule has 3 fully saturated rings. The molecule has 144 valence electrons. The standard InChI is InChI=1S/C19H35N3O3/c1-3-20(4-2)19(24)18-13-17(23)14-22(18)16-5-9-21(10-6-16)15-7-11-25-12-8-15/h15-18,23H,3-14H2,1-2H3/t17-,18+/m1/s1. The molecule has 0 unspecified atom stereocenters. The number of rotatable bonds is 5. The Morgan fingerprint density at radius 2 is 1.72 bits per heavy atom.